The molecule has 1 aliphatic heterocycles. The summed E-state index contributed by atoms with van der Waals surface area (Å²) in [6.45, 7) is 0. The zero-order valence-electron chi connectivity index (χ0n) is 11.1. The van der Waals surface area contributed by atoms with Crippen molar-refractivity contribution in [3.8, 4) is 0 Å². The molecular formula is C13H21NO5. The van der Waals surface area contributed by atoms with E-state index in [2.05, 4.69) is 0 Å². The highest BCUT2D eigenvalue weighted by Gasteiger charge is 2.39. The number of hydrogen-bond acceptors (Lipinski definition) is 4. The SMILES string of the molecule is CN(C(=O)[C@@H]1CC[C@H](C(=O)O)O1)C1CCCCC1O. The molecule has 0 aromatic rings. The number of hydrogen-bond donors (Lipinski definition) is 2. The normalized spacial score (nSPS) is 35.1. The fourth-order valence-corrected chi connectivity index (χ4v) is 2.93. The number of rotatable bonds is 3. The second-order valence-electron chi connectivity index (χ2n) is 5.40. The van der Waals surface area contributed by atoms with E-state index in [0.717, 1.165) is 19.3 Å². The second-order valence-corrected chi connectivity index (χ2v) is 5.40. The van der Waals surface area contributed by atoms with Crippen LogP contribution in [0.15, 0.2) is 0 Å². The molecule has 2 rings (SSSR count). The molecule has 2 fully saturated rings. The Kier molecular flexibility index (Phi) is 4.42. The highest BCUT2D eigenvalue weighted by atomic mass is 16.5. The zero-order chi connectivity index (χ0) is 14.0. The lowest BCUT2D eigenvalue weighted by Gasteiger charge is -2.36. The number of aliphatic carboxylic acids is 1. The molecule has 6 nitrogen and oxygen atoms in total. The molecule has 2 unspecified atom stereocenters. The quantitative estimate of drug-likeness (QED) is 0.775. The number of aliphatic hydroxyl groups is 1. The summed E-state index contributed by atoms with van der Waals surface area (Å²) in [5.41, 5.74) is 0. The number of aliphatic hydroxyl groups excluding tert-OH is 1. The third kappa shape index (κ3) is 3.06. The Bertz CT molecular complexity index is 359. The summed E-state index contributed by atoms with van der Waals surface area (Å²) in [7, 11) is 1.67. The average Bonchev–Trinajstić information content (AvgIpc) is 2.87. The van der Waals surface area contributed by atoms with Crippen LogP contribution in [0.2, 0.25) is 0 Å². The lowest BCUT2D eigenvalue weighted by atomic mass is 9.91. The van der Waals surface area contributed by atoms with E-state index in [4.69, 9.17) is 9.84 Å². The molecule has 1 heterocycles. The number of carboxylic acids is 1. The molecular weight excluding hydrogens is 250 g/mol. The number of carboxylic acid groups (broad SMARTS) is 1. The van der Waals surface area contributed by atoms with Crippen LogP contribution in [0.3, 0.4) is 0 Å². The first-order chi connectivity index (χ1) is 9.00. The van der Waals surface area contributed by atoms with Gasteiger partial charge in [-0.3, -0.25) is 4.79 Å². The molecule has 4 atom stereocenters. The maximum atomic E-state index is 12.3. The van der Waals surface area contributed by atoms with Crippen LogP contribution in [0.25, 0.3) is 0 Å². The number of likely N-dealkylation sites (N-methyl/N-ethyl adjacent to an activating group) is 1. The molecule has 1 aliphatic carbocycles. The van der Waals surface area contributed by atoms with Crippen molar-refractivity contribution in [3.63, 3.8) is 0 Å². The van der Waals surface area contributed by atoms with Crippen LogP contribution in [-0.4, -0.2) is 58.4 Å². The van der Waals surface area contributed by atoms with Crippen molar-refractivity contribution in [2.75, 3.05) is 7.05 Å². The van der Waals surface area contributed by atoms with Crippen LogP contribution in [-0.2, 0) is 14.3 Å². The minimum atomic E-state index is -1.02. The van der Waals surface area contributed by atoms with E-state index in [9.17, 15) is 14.7 Å². The van der Waals surface area contributed by atoms with E-state index < -0.39 is 24.3 Å². The molecule has 0 spiro atoms. The molecule has 0 radical (unpaired) electrons. The molecule has 19 heavy (non-hydrogen) atoms. The summed E-state index contributed by atoms with van der Waals surface area (Å²) in [5.74, 6) is -1.23. The van der Waals surface area contributed by atoms with E-state index in [-0.39, 0.29) is 11.9 Å². The molecule has 1 amide bonds. The Morgan fingerprint density at radius 3 is 2.32 bits per heavy atom. The molecule has 1 saturated carbocycles. The highest BCUT2D eigenvalue weighted by molar-refractivity contribution is 5.82. The van der Waals surface area contributed by atoms with E-state index in [0.29, 0.717) is 19.3 Å². The Morgan fingerprint density at radius 2 is 1.74 bits per heavy atom. The number of ether oxygens (including phenoxy) is 1. The molecule has 0 bridgehead atoms. The van der Waals surface area contributed by atoms with Gasteiger partial charge in [0.1, 0.15) is 6.10 Å². The Hall–Kier alpha value is -1.14. The average molecular weight is 271 g/mol. The minimum absolute atomic E-state index is 0.172. The van der Waals surface area contributed by atoms with Gasteiger partial charge in [-0.1, -0.05) is 12.8 Å². The maximum absolute atomic E-state index is 12.3. The van der Waals surface area contributed by atoms with Gasteiger partial charge in [0.2, 0.25) is 0 Å². The lowest BCUT2D eigenvalue weighted by molar-refractivity contribution is -0.156. The van der Waals surface area contributed by atoms with Crippen molar-refractivity contribution >= 4 is 11.9 Å². The fourth-order valence-electron chi connectivity index (χ4n) is 2.93. The van der Waals surface area contributed by atoms with Crippen molar-refractivity contribution in [2.24, 2.45) is 0 Å². The van der Waals surface area contributed by atoms with Gasteiger partial charge in [-0.2, -0.15) is 0 Å². The van der Waals surface area contributed by atoms with Crippen LogP contribution in [0.1, 0.15) is 38.5 Å². The molecule has 2 aliphatic rings. The Labute approximate surface area is 112 Å². The Balaban J connectivity index is 1.94. The van der Waals surface area contributed by atoms with Gasteiger partial charge >= 0.3 is 5.97 Å². The van der Waals surface area contributed by atoms with E-state index in [1.54, 1.807) is 11.9 Å². The van der Waals surface area contributed by atoms with Crippen LogP contribution >= 0.6 is 0 Å². The summed E-state index contributed by atoms with van der Waals surface area (Å²) in [5, 5.41) is 18.8. The van der Waals surface area contributed by atoms with Crippen LogP contribution in [0.4, 0.5) is 0 Å². The maximum Gasteiger partial charge on any atom is 0.332 e. The molecule has 0 aromatic heterocycles. The van der Waals surface area contributed by atoms with Crippen molar-refractivity contribution in [3.05, 3.63) is 0 Å². The van der Waals surface area contributed by atoms with Gasteiger partial charge in [-0.05, 0) is 25.7 Å². The first-order valence-electron chi connectivity index (χ1n) is 6.83. The lowest BCUT2D eigenvalue weighted by Crippen LogP contribution is -2.49. The Morgan fingerprint density at radius 1 is 1.11 bits per heavy atom. The summed E-state index contributed by atoms with van der Waals surface area (Å²) in [4.78, 5) is 24.6. The summed E-state index contributed by atoms with van der Waals surface area (Å²) >= 11 is 0. The van der Waals surface area contributed by atoms with E-state index >= 15 is 0 Å². The third-order valence-electron chi connectivity index (χ3n) is 4.11. The van der Waals surface area contributed by atoms with Crippen molar-refractivity contribution in [2.45, 2.75) is 62.9 Å². The van der Waals surface area contributed by atoms with Crippen LogP contribution in [0.5, 0.6) is 0 Å². The summed E-state index contributed by atoms with van der Waals surface area (Å²) in [6, 6.07) is -0.172. The standard InChI is InChI=1S/C13H21NO5/c1-14(8-4-2-3-5-9(8)15)12(16)10-6-7-11(19-10)13(17)18/h8-11,15H,2-7H2,1H3,(H,17,18)/t8?,9?,10-,11+/m0/s1. The van der Waals surface area contributed by atoms with Gasteiger partial charge < -0.3 is 19.8 Å². The highest BCUT2D eigenvalue weighted by Crippen LogP contribution is 2.26. The third-order valence-corrected chi connectivity index (χ3v) is 4.11. The second kappa shape index (κ2) is 5.88. The van der Waals surface area contributed by atoms with Crippen molar-refractivity contribution in [1.29, 1.82) is 0 Å². The predicted molar refractivity (Wildman–Crippen MR) is 66.6 cm³/mol. The van der Waals surface area contributed by atoms with Crippen molar-refractivity contribution < 1.29 is 24.5 Å². The van der Waals surface area contributed by atoms with Gasteiger partial charge in [-0.25, -0.2) is 4.79 Å². The summed E-state index contributed by atoms with van der Waals surface area (Å²) in [6.07, 6.45) is 2.25. The molecule has 0 aromatic carbocycles. The van der Waals surface area contributed by atoms with Gasteiger partial charge in [0.25, 0.3) is 5.91 Å². The topological polar surface area (TPSA) is 87.1 Å². The number of carbonyl (C=O) groups is 2. The summed E-state index contributed by atoms with van der Waals surface area (Å²) < 4.78 is 5.26. The smallest absolute Gasteiger partial charge is 0.332 e. The minimum Gasteiger partial charge on any atom is -0.479 e. The number of nitrogens with zero attached hydrogens (tertiary/aromatic N) is 1. The van der Waals surface area contributed by atoms with Gasteiger partial charge in [0.05, 0.1) is 12.1 Å². The van der Waals surface area contributed by atoms with Gasteiger partial charge in [0, 0.05) is 7.05 Å². The molecule has 2 N–H and O–H groups in total. The first-order valence-corrected chi connectivity index (χ1v) is 6.83. The monoisotopic (exact) mass is 271 g/mol. The molecule has 108 valence electrons. The predicted octanol–water partition coefficient (Wildman–Crippen LogP) is 0.380. The largest absolute Gasteiger partial charge is 0.479 e. The van der Waals surface area contributed by atoms with Crippen LogP contribution in [0, 0.1) is 0 Å². The number of amides is 1. The van der Waals surface area contributed by atoms with Gasteiger partial charge in [-0.15, -0.1) is 0 Å². The van der Waals surface area contributed by atoms with Gasteiger partial charge in [0.15, 0.2) is 6.10 Å². The number of carbonyl (C=O) groups excluding carboxylic acids is 1. The van der Waals surface area contributed by atoms with E-state index in [1.165, 1.54) is 0 Å². The molecule has 1 saturated heterocycles. The van der Waals surface area contributed by atoms with E-state index in [1.807, 2.05) is 0 Å². The van der Waals surface area contributed by atoms with Crippen molar-refractivity contribution in [1.82, 2.24) is 4.90 Å². The first kappa shape index (κ1) is 14.3. The zero-order valence-corrected chi connectivity index (χ0v) is 11.1. The fraction of sp³-hybridized carbons (Fsp3) is 0.846. The molecule has 6 heteroatoms. The van der Waals surface area contributed by atoms with Crippen LogP contribution < -0.4 is 0 Å².